The van der Waals surface area contributed by atoms with E-state index in [1.54, 1.807) is 18.2 Å². The van der Waals surface area contributed by atoms with Crippen molar-refractivity contribution in [1.29, 1.82) is 0 Å². The minimum atomic E-state index is -1.12. The van der Waals surface area contributed by atoms with Crippen LogP contribution < -0.4 is 14.8 Å². The molecular formula is C21H22FNO5. The normalized spacial score (nSPS) is 11.7. The van der Waals surface area contributed by atoms with E-state index in [2.05, 4.69) is 5.32 Å². The van der Waals surface area contributed by atoms with Crippen molar-refractivity contribution in [1.82, 2.24) is 0 Å². The number of nitrogens with one attached hydrogen (secondary N) is 1. The van der Waals surface area contributed by atoms with E-state index >= 15 is 0 Å². The third-order valence-corrected chi connectivity index (χ3v) is 3.70. The fourth-order valence-electron chi connectivity index (χ4n) is 2.32. The number of amides is 1. The molecule has 0 aliphatic carbocycles. The molecule has 2 aromatic carbocycles. The number of ether oxygens (including phenoxy) is 3. The topological polar surface area (TPSA) is 73.9 Å². The van der Waals surface area contributed by atoms with Gasteiger partial charge in [-0.3, -0.25) is 4.79 Å². The average molecular weight is 387 g/mol. The zero-order valence-electron chi connectivity index (χ0n) is 15.9. The predicted molar refractivity (Wildman–Crippen MR) is 104 cm³/mol. The Kier molecular flexibility index (Phi) is 7.56. The number of rotatable bonds is 8. The van der Waals surface area contributed by atoms with Crippen molar-refractivity contribution in [3.63, 3.8) is 0 Å². The van der Waals surface area contributed by atoms with Gasteiger partial charge in [0.15, 0.2) is 24.2 Å². The molecule has 0 unspecified atom stereocenters. The molecule has 0 heterocycles. The van der Waals surface area contributed by atoms with E-state index in [-0.39, 0.29) is 5.69 Å². The van der Waals surface area contributed by atoms with Gasteiger partial charge < -0.3 is 19.5 Å². The van der Waals surface area contributed by atoms with Crippen LogP contribution in [0.5, 0.6) is 11.5 Å². The lowest BCUT2D eigenvalue weighted by molar-refractivity contribution is -0.155. The van der Waals surface area contributed by atoms with E-state index in [9.17, 15) is 14.0 Å². The number of hydrogen-bond acceptors (Lipinski definition) is 5. The molecule has 0 aliphatic rings. The highest BCUT2D eigenvalue weighted by Crippen LogP contribution is 2.28. The molecule has 0 spiro atoms. The fourth-order valence-corrected chi connectivity index (χ4v) is 2.32. The SMILES string of the molecule is C/C=C/c1ccc(OCC(=O)O[C@@H](C)C(=O)Nc2ccccc2F)c(OC)c1. The smallest absolute Gasteiger partial charge is 0.344 e. The van der Waals surface area contributed by atoms with Gasteiger partial charge in [0.1, 0.15) is 5.82 Å². The zero-order valence-corrected chi connectivity index (χ0v) is 15.9. The number of anilines is 1. The standard InChI is InChI=1S/C21H22FNO5/c1-4-7-15-10-11-18(19(12-15)26-3)27-13-20(24)28-14(2)21(25)23-17-9-6-5-8-16(17)22/h4-12,14H,13H2,1-3H3,(H,23,25)/b7-4+/t14-/m0/s1. The van der Waals surface area contributed by atoms with Gasteiger partial charge in [-0.2, -0.15) is 0 Å². The van der Waals surface area contributed by atoms with Crippen LogP contribution in [-0.2, 0) is 14.3 Å². The number of carbonyl (C=O) groups is 2. The van der Waals surface area contributed by atoms with Gasteiger partial charge in [-0.25, -0.2) is 9.18 Å². The number of allylic oxidation sites excluding steroid dienone is 1. The molecule has 2 rings (SSSR count). The maximum atomic E-state index is 13.6. The Morgan fingerprint density at radius 1 is 1.18 bits per heavy atom. The van der Waals surface area contributed by atoms with Crippen molar-refractivity contribution >= 4 is 23.6 Å². The van der Waals surface area contributed by atoms with Gasteiger partial charge in [0.2, 0.25) is 0 Å². The van der Waals surface area contributed by atoms with Gasteiger partial charge in [0.25, 0.3) is 5.91 Å². The van der Waals surface area contributed by atoms with Crippen molar-refractivity contribution in [2.75, 3.05) is 19.0 Å². The summed E-state index contributed by atoms with van der Waals surface area (Å²) in [6.07, 6.45) is 2.67. The quantitative estimate of drug-likeness (QED) is 0.697. The molecule has 0 aromatic heterocycles. The molecule has 6 nitrogen and oxygen atoms in total. The highest BCUT2D eigenvalue weighted by Gasteiger charge is 2.19. The van der Waals surface area contributed by atoms with E-state index < -0.39 is 30.4 Å². The molecule has 0 aliphatic heterocycles. The van der Waals surface area contributed by atoms with Crippen LogP contribution in [0.4, 0.5) is 10.1 Å². The van der Waals surface area contributed by atoms with Gasteiger partial charge in [-0.15, -0.1) is 0 Å². The Morgan fingerprint density at radius 2 is 1.93 bits per heavy atom. The van der Waals surface area contributed by atoms with Crippen LogP contribution in [0, 0.1) is 5.82 Å². The molecule has 28 heavy (non-hydrogen) atoms. The summed E-state index contributed by atoms with van der Waals surface area (Å²) >= 11 is 0. The third-order valence-electron chi connectivity index (χ3n) is 3.70. The van der Waals surface area contributed by atoms with Crippen LogP contribution in [0.25, 0.3) is 6.08 Å². The molecule has 7 heteroatoms. The predicted octanol–water partition coefficient (Wildman–Crippen LogP) is 3.82. The van der Waals surface area contributed by atoms with E-state index in [0.717, 1.165) is 5.56 Å². The minimum Gasteiger partial charge on any atom is -0.493 e. The average Bonchev–Trinajstić information content (AvgIpc) is 2.68. The maximum absolute atomic E-state index is 13.6. The van der Waals surface area contributed by atoms with Crippen molar-refractivity contribution in [3.8, 4) is 11.5 Å². The second-order valence-electron chi connectivity index (χ2n) is 5.80. The number of carbonyl (C=O) groups excluding carboxylic acids is 2. The summed E-state index contributed by atoms with van der Waals surface area (Å²) in [4.78, 5) is 24.0. The minimum absolute atomic E-state index is 0.0117. The highest BCUT2D eigenvalue weighted by molar-refractivity contribution is 5.95. The van der Waals surface area contributed by atoms with Crippen molar-refractivity contribution in [3.05, 3.63) is 59.9 Å². The van der Waals surface area contributed by atoms with E-state index in [1.807, 2.05) is 25.1 Å². The molecule has 0 bridgehead atoms. The summed E-state index contributed by atoms with van der Waals surface area (Å²) in [5.74, 6) is -1.13. The van der Waals surface area contributed by atoms with Crippen molar-refractivity contribution in [2.24, 2.45) is 0 Å². The molecule has 0 radical (unpaired) electrons. The van der Waals surface area contributed by atoms with E-state index in [0.29, 0.717) is 11.5 Å². The van der Waals surface area contributed by atoms with Crippen molar-refractivity contribution in [2.45, 2.75) is 20.0 Å². The van der Waals surface area contributed by atoms with Gasteiger partial charge in [-0.1, -0.05) is 30.4 Å². The first-order valence-corrected chi connectivity index (χ1v) is 8.63. The Balaban J connectivity index is 1.89. The summed E-state index contributed by atoms with van der Waals surface area (Å²) in [6, 6.07) is 11.0. The van der Waals surface area contributed by atoms with Crippen LogP contribution in [0.1, 0.15) is 19.4 Å². The van der Waals surface area contributed by atoms with Crippen molar-refractivity contribution < 1.29 is 28.2 Å². The number of hydrogen-bond donors (Lipinski definition) is 1. The third kappa shape index (κ3) is 5.84. The number of esters is 1. The lowest BCUT2D eigenvalue weighted by Crippen LogP contribution is -2.32. The molecule has 0 saturated carbocycles. The van der Waals surface area contributed by atoms with Gasteiger partial charge in [-0.05, 0) is 43.7 Å². The second kappa shape index (κ2) is 10.1. The summed E-state index contributed by atoms with van der Waals surface area (Å²) in [5, 5.41) is 2.37. The summed E-state index contributed by atoms with van der Waals surface area (Å²) in [6.45, 7) is 2.88. The summed E-state index contributed by atoms with van der Waals surface area (Å²) in [7, 11) is 1.50. The molecule has 1 N–H and O–H groups in total. The lowest BCUT2D eigenvalue weighted by atomic mass is 10.2. The Labute approximate surface area is 162 Å². The summed E-state index contributed by atoms with van der Waals surface area (Å²) < 4.78 is 29.3. The monoisotopic (exact) mass is 387 g/mol. The Hall–Kier alpha value is -3.35. The molecule has 1 atom stereocenters. The highest BCUT2D eigenvalue weighted by atomic mass is 19.1. The molecule has 1 amide bonds. The first kappa shape index (κ1) is 21.0. The Bertz CT molecular complexity index is 866. The van der Waals surface area contributed by atoms with Gasteiger partial charge >= 0.3 is 5.97 Å². The number of halogens is 1. The van der Waals surface area contributed by atoms with Crippen LogP contribution >= 0.6 is 0 Å². The second-order valence-corrected chi connectivity index (χ2v) is 5.80. The number of methoxy groups -OCH3 is 1. The molecule has 0 saturated heterocycles. The number of benzene rings is 2. The van der Waals surface area contributed by atoms with Gasteiger partial charge in [0.05, 0.1) is 12.8 Å². The molecule has 0 fully saturated rings. The molecule has 148 valence electrons. The largest absolute Gasteiger partial charge is 0.493 e. The van der Waals surface area contributed by atoms with E-state index in [4.69, 9.17) is 14.2 Å². The van der Waals surface area contributed by atoms with Crippen LogP contribution in [-0.4, -0.2) is 31.7 Å². The maximum Gasteiger partial charge on any atom is 0.344 e. The fraction of sp³-hybridized carbons (Fsp3) is 0.238. The van der Waals surface area contributed by atoms with E-state index in [1.165, 1.54) is 32.2 Å². The molecular weight excluding hydrogens is 365 g/mol. The number of para-hydroxylation sites is 1. The van der Waals surface area contributed by atoms with Crippen LogP contribution in [0.3, 0.4) is 0 Å². The lowest BCUT2D eigenvalue weighted by Gasteiger charge is -2.15. The van der Waals surface area contributed by atoms with Gasteiger partial charge in [0, 0.05) is 0 Å². The zero-order chi connectivity index (χ0) is 20.5. The Morgan fingerprint density at radius 3 is 2.61 bits per heavy atom. The molecule has 2 aromatic rings. The van der Waals surface area contributed by atoms with Crippen LogP contribution in [0.2, 0.25) is 0 Å². The first-order chi connectivity index (χ1) is 13.4. The summed E-state index contributed by atoms with van der Waals surface area (Å²) in [5.41, 5.74) is 0.935. The van der Waals surface area contributed by atoms with Crippen LogP contribution in [0.15, 0.2) is 48.5 Å². The first-order valence-electron chi connectivity index (χ1n) is 8.63.